The largest absolute Gasteiger partial charge is 0.256 e. The number of para-hydroxylation sites is 1. The van der Waals surface area contributed by atoms with Crippen LogP contribution < -0.4 is 10.4 Å². The van der Waals surface area contributed by atoms with Crippen LogP contribution in [0.4, 0.5) is 5.82 Å². The van der Waals surface area contributed by atoms with Gasteiger partial charge < -0.3 is 0 Å². The fraction of sp³-hybridized carbons (Fsp3) is 0.0667. The SMILES string of the molecule is C/C=c1/cccc/c1=C(/C(C)=Nc1nc2ccccc2cc1C)c1cc(-c2ccc3ncccc3c2)cc(-c2ccc3ncccc3c2)c1. The summed E-state index contributed by atoms with van der Waals surface area (Å²) in [5, 5.41) is 5.60. The summed E-state index contributed by atoms with van der Waals surface area (Å²) in [6.07, 6.45) is 5.85. The van der Waals surface area contributed by atoms with Crippen molar-refractivity contribution in [3.05, 3.63) is 167 Å². The molecule has 0 aliphatic rings. The third kappa shape index (κ3) is 5.90. The third-order valence-electron chi connectivity index (χ3n) is 9.16. The summed E-state index contributed by atoms with van der Waals surface area (Å²) in [6, 6.07) is 47.0. The number of aliphatic imine (C=N–C) groups is 1. The van der Waals surface area contributed by atoms with Gasteiger partial charge in [0.25, 0.3) is 0 Å². The second-order valence-electron chi connectivity index (χ2n) is 12.4. The topological polar surface area (TPSA) is 51.0 Å². The molecule has 0 aliphatic heterocycles. The third-order valence-corrected chi connectivity index (χ3v) is 9.16. The van der Waals surface area contributed by atoms with Crippen LogP contribution in [0.25, 0.3) is 66.6 Å². The van der Waals surface area contributed by atoms with Crippen LogP contribution in [0, 0.1) is 6.92 Å². The van der Waals surface area contributed by atoms with Crippen LogP contribution in [0.1, 0.15) is 25.0 Å². The van der Waals surface area contributed by atoms with Crippen molar-refractivity contribution < 1.29 is 0 Å². The molecule has 0 spiro atoms. The van der Waals surface area contributed by atoms with Crippen LogP contribution in [0.15, 0.2) is 151 Å². The number of aromatic nitrogens is 3. The predicted molar refractivity (Wildman–Crippen MR) is 206 cm³/mol. The molecule has 8 aromatic rings. The van der Waals surface area contributed by atoms with E-state index in [4.69, 9.17) is 9.98 Å². The first-order valence-electron chi connectivity index (χ1n) is 16.6. The molecular formula is C45H34N4. The summed E-state index contributed by atoms with van der Waals surface area (Å²) in [6.45, 7) is 6.28. The van der Waals surface area contributed by atoms with E-state index in [2.05, 4.69) is 140 Å². The van der Waals surface area contributed by atoms with Crippen molar-refractivity contribution in [1.82, 2.24) is 15.0 Å². The van der Waals surface area contributed by atoms with Gasteiger partial charge in [0.2, 0.25) is 0 Å². The lowest BCUT2D eigenvalue weighted by molar-refractivity contribution is 1.27. The summed E-state index contributed by atoms with van der Waals surface area (Å²) in [5.74, 6) is 0.729. The van der Waals surface area contributed by atoms with E-state index in [1.165, 1.54) is 0 Å². The molecule has 3 heterocycles. The van der Waals surface area contributed by atoms with Crippen LogP contribution >= 0.6 is 0 Å². The Morgan fingerprint density at radius 1 is 0.571 bits per heavy atom. The number of hydrogen-bond acceptors (Lipinski definition) is 4. The summed E-state index contributed by atoms with van der Waals surface area (Å²) < 4.78 is 0. The van der Waals surface area contributed by atoms with Gasteiger partial charge in [0.15, 0.2) is 5.82 Å². The van der Waals surface area contributed by atoms with E-state index in [9.17, 15) is 0 Å². The van der Waals surface area contributed by atoms with Gasteiger partial charge in [0.1, 0.15) is 0 Å². The molecule has 0 bridgehead atoms. The minimum Gasteiger partial charge on any atom is -0.256 e. The Kier molecular flexibility index (Phi) is 7.83. The lowest BCUT2D eigenvalue weighted by Gasteiger charge is -2.15. The smallest absolute Gasteiger partial charge is 0.155 e. The highest BCUT2D eigenvalue weighted by molar-refractivity contribution is 6.23. The highest BCUT2D eigenvalue weighted by atomic mass is 14.9. The van der Waals surface area contributed by atoms with Gasteiger partial charge in [-0.2, -0.15) is 0 Å². The molecule has 0 saturated carbocycles. The van der Waals surface area contributed by atoms with Crippen LogP contribution in [-0.4, -0.2) is 20.7 Å². The van der Waals surface area contributed by atoms with Gasteiger partial charge in [-0.3, -0.25) is 9.97 Å². The molecule has 0 fully saturated rings. The Morgan fingerprint density at radius 3 is 1.84 bits per heavy atom. The van der Waals surface area contributed by atoms with Crippen molar-refractivity contribution in [2.75, 3.05) is 0 Å². The molecular weight excluding hydrogens is 597 g/mol. The van der Waals surface area contributed by atoms with Crippen molar-refractivity contribution in [2.45, 2.75) is 20.8 Å². The molecule has 49 heavy (non-hydrogen) atoms. The van der Waals surface area contributed by atoms with E-state index in [-0.39, 0.29) is 0 Å². The molecule has 0 amide bonds. The maximum absolute atomic E-state index is 5.26. The Bertz CT molecular complexity index is 2610. The standard InChI is InChI=1S/C45H34N4/c1-4-31-11-5-7-15-40(31)44(30(3)48-45-29(2)23-34-12-6-8-16-43(34)49-45)39-27-37(32-17-19-41-35(24-32)13-9-21-46-41)26-38(28-39)33-18-20-42-36(25-33)14-10-22-47-42/h4-28H,1-3H3/b31-4-,44-40+,48-30?. The van der Waals surface area contributed by atoms with Crippen molar-refractivity contribution in [1.29, 1.82) is 0 Å². The maximum atomic E-state index is 5.26. The average molecular weight is 631 g/mol. The monoisotopic (exact) mass is 630 g/mol. The number of nitrogens with zero attached hydrogens (tertiary/aromatic N) is 4. The van der Waals surface area contributed by atoms with Gasteiger partial charge >= 0.3 is 0 Å². The van der Waals surface area contributed by atoms with E-state index in [1.807, 2.05) is 42.7 Å². The van der Waals surface area contributed by atoms with E-state index in [1.54, 1.807) is 0 Å². The molecule has 0 radical (unpaired) electrons. The normalized spacial score (nSPS) is 13.0. The van der Waals surface area contributed by atoms with Gasteiger partial charge in [-0.25, -0.2) is 9.98 Å². The number of rotatable bonds is 5. The Morgan fingerprint density at radius 2 is 1.16 bits per heavy atom. The Hall–Kier alpha value is -6.26. The first kappa shape index (κ1) is 30.1. The number of fused-ring (bicyclic) bond motifs is 3. The van der Waals surface area contributed by atoms with Gasteiger partial charge in [0, 0.05) is 39.8 Å². The van der Waals surface area contributed by atoms with Gasteiger partial charge in [-0.05, 0) is 131 Å². The van der Waals surface area contributed by atoms with Crippen molar-refractivity contribution in [2.24, 2.45) is 4.99 Å². The van der Waals surface area contributed by atoms with Crippen LogP contribution in [0.2, 0.25) is 0 Å². The molecule has 3 aromatic heterocycles. The molecule has 0 atom stereocenters. The molecule has 4 heteroatoms. The second kappa shape index (κ2) is 12.7. The van der Waals surface area contributed by atoms with Crippen molar-refractivity contribution >= 4 is 55.9 Å². The molecule has 0 aliphatic carbocycles. The van der Waals surface area contributed by atoms with Crippen LogP contribution in [-0.2, 0) is 0 Å². The van der Waals surface area contributed by atoms with Crippen LogP contribution in [0.5, 0.6) is 0 Å². The van der Waals surface area contributed by atoms with E-state index >= 15 is 0 Å². The lowest BCUT2D eigenvalue weighted by atomic mass is 9.90. The van der Waals surface area contributed by atoms with E-state index < -0.39 is 0 Å². The Balaban J connectivity index is 1.41. The van der Waals surface area contributed by atoms with Gasteiger partial charge in [-0.1, -0.05) is 72.8 Å². The first-order chi connectivity index (χ1) is 24.0. The number of pyridine rings is 3. The number of aryl methyl sites for hydroxylation is 1. The number of hydrogen-bond donors (Lipinski definition) is 0. The second-order valence-corrected chi connectivity index (χ2v) is 12.4. The fourth-order valence-electron chi connectivity index (χ4n) is 6.69. The van der Waals surface area contributed by atoms with E-state index in [0.717, 1.165) is 93.6 Å². The lowest BCUT2D eigenvalue weighted by Crippen LogP contribution is -2.29. The molecule has 234 valence electrons. The van der Waals surface area contributed by atoms with E-state index in [0.29, 0.717) is 0 Å². The summed E-state index contributed by atoms with van der Waals surface area (Å²) in [4.78, 5) is 19.4. The van der Waals surface area contributed by atoms with Crippen LogP contribution in [0.3, 0.4) is 0 Å². The minimum absolute atomic E-state index is 0.729. The van der Waals surface area contributed by atoms with Gasteiger partial charge in [0.05, 0.1) is 16.6 Å². The zero-order valence-electron chi connectivity index (χ0n) is 27.7. The quantitative estimate of drug-likeness (QED) is 0.178. The molecule has 0 N–H and O–H groups in total. The molecule has 5 aromatic carbocycles. The highest BCUT2D eigenvalue weighted by Gasteiger charge is 2.15. The number of benzene rings is 5. The minimum atomic E-state index is 0.729. The molecule has 0 unspecified atom stereocenters. The average Bonchev–Trinajstić information content (AvgIpc) is 3.15. The highest BCUT2D eigenvalue weighted by Crippen LogP contribution is 2.34. The maximum Gasteiger partial charge on any atom is 0.155 e. The predicted octanol–water partition coefficient (Wildman–Crippen LogP) is 9.77. The first-order valence-corrected chi connectivity index (χ1v) is 16.6. The summed E-state index contributed by atoms with van der Waals surface area (Å²) in [5.41, 5.74) is 11.5. The zero-order valence-corrected chi connectivity index (χ0v) is 27.7. The molecule has 0 saturated heterocycles. The molecule has 4 nitrogen and oxygen atoms in total. The zero-order chi connectivity index (χ0) is 33.3. The fourth-order valence-corrected chi connectivity index (χ4v) is 6.69. The van der Waals surface area contributed by atoms with Gasteiger partial charge in [-0.15, -0.1) is 0 Å². The summed E-state index contributed by atoms with van der Waals surface area (Å²) in [7, 11) is 0. The summed E-state index contributed by atoms with van der Waals surface area (Å²) >= 11 is 0. The van der Waals surface area contributed by atoms with Crippen molar-refractivity contribution in [3.63, 3.8) is 0 Å². The Labute approximate surface area is 285 Å². The molecule has 8 rings (SSSR count). The van der Waals surface area contributed by atoms with Crippen molar-refractivity contribution in [3.8, 4) is 22.3 Å².